The summed E-state index contributed by atoms with van der Waals surface area (Å²) in [5.41, 5.74) is 2.81. The maximum atomic E-state index is 11.7. The Morgan fingerprint density at radius 1 is 1.09 bits per heavy atom. The van der Waals surface area contributed by atoms with E-state index < -0.39 is 21.5 Å². The Bertz CT molecular complexity index is 769. The monoisotopic (exact) mass is 330 g/mol. The summed E-state index contributed by atoms with van der Waals surface area (Å²) in [5, 5.41) is 2.59. The van der Waals surface area contributed by atoms with Crippen molar-refractivity contribution in [3.63, 3.8) is 0 Å². The topological polar surface area (TPSA) is 76.1 Å². The predicted molar refractivity (Wildman–Crippen MR) is 91.0 cm³/mol. The van der Waals surface area contributed by atoms with Gasteiger partial charge in [-0.3, -0.25) is 9.78 Å². The fraction of sp³-hybridized carbons (Fsp3) is 0.176. The van der Waals surface area contributed by atoms with Crippen molar-refractivity contribution in [3.05, 3.63) is 72.6 Å². The summed E-state index contributed by atoms with van der Waals surface area (Å²) in [4.78, 5) is 15.7. The van der Waals surface area contributed by atoms with Crippen LogP contribution in [0.1, 0.15) is 11.1 Å². The highest BCUT2D eigenvalue weighted by atomic mass is 32.2. The number of pyridine rings is 1. The van der Waals surface area contributed by atoms with Gasteiger partial charge in [-0.15, -0.1) is 6.58 Å². The van der Waals surface area contributed by atoms with E-state index in [0.717, 1.165) is 17.5 Å². The molecule has 1 amide bonds. The van der Waals surface area contributed by atoms with Crippen molar-refractivity contribution in [2.24, 2.45) is 0 Å². The number of hydrogen-bond donors (Lipinski definition) is 1. The molecule has 0 radical (unpaired) electrons. The molecule has 0 aliphatic rings. The molecule has 0 fully saturated rings. The number of anilines is 1. The van der Waals surface area contributed by atoms with E-state index in [4.69, 9.17) is 0 Å². The molecular weight excluding hydrogens is 312 g/mol. The summed E-state index contributed by atoms with van der Waals surface area (Å²) in [7, 11) is -3.44. The van der Waals surface area contributed by atoms with Crippen LogP contribution in [0.15, 0.2) is 61.4 Å². The summed E-state index contributed by atoms with van der Waals surface area (Å²) in [6, 6.07) is 11.2. The first kappa shape index (κ1) is 16.9. The molecule has 0 atom stereocenters. The minimum atomic E-state index is -3.44. The molecule has 1 heterocycles. The van der Waals surface area contributed by atoms with Gasteiger partial charge < -0.3 is 5.32 Å². The molecular formula is C17H18N2O3S. The van der Waals surface area contributed by atoms with Crippen LogP contribution in [-0.4, -0.2) is 30.8 Å². The van der Waals surface area contributed by atoms with Crippen LogP contribution in [-0.2, 0) is 21.1 Å². The van der Waals surface area contributed by atoms with Crippen LogP contribution in [0, 0.1) is 0 Å². The molecule has 0 bridgehead atoms. The number of benzene rings is 1. The van der Waals surface area contributed by atoms with Gasteiger partial charge in [0.2, 0.25) is 5.91 Å². The minimum absolute atomic E-state index is 0.203. The Hall–Kier alpha value is -2.47. The molecule has 0 spiro atoms. The second kappa shape index (κ2) is 7.69. The highest BCUT2D eigenvalue weighted by molar-refractivity contribution is 7.92. The van der Waals surface area contributed by atoms with E-state index >= 15 is 0 Å². The molecule has 2 aromatic rings. The van der Waals surface area contributed by atoms with Crippen molar-refractivity contribution in [2.45, 2.75) is 6.42 Å². The van der Waals surface area contributed by atoms with Crippen LogP contribution in [0.2, 0.25) is 0 Å². The Morgan fingerprint density at radius 2 is 1.70 bits per heavy atom. The Labute approximate surface area is 136 Å². The fourth-order valence-electron chi connectivity index (χ4n) is 2.08. The largest absolute Gasteiger partial charge is 0.325 e. The zero-order valence-electron chi connectivity index (χ0n) is 12.6. The molecule has 0 aliphatic carbocycles. The second-order valence-electron chi connectivity index (χ2n) is 5.12. The van der Waals surface area contributed by atoms with E-state index in [1.165, 1.54) is 6.08 Å². The van der Waals surface area contributed by atoms with E-state index in [0.29, 0.717) is 5.69 Å². The molecule has 1 aromatic carbocycles. The third-order valence-electron chi connectivity index (χ3n) is 3.12. The Morgan fingerprint density at radius 3 is 2.30 bits per heavy atom. The second-order valence-corrected chi connectivity index (χ2v) is 7.23. The van der Waals surface area contributed by atoms with Crippen molar-refractivity contribution in [2.75, 3.05) is 16.8 Å². The van der Waals surface area contributed by atoms with Gasteiger partial charge in [0.05, 0.1) is 5.75 Å². The zero-order valence-corrected chi connectivity index (χ0v) is 13.4. The van der Waals surface area contributed by atoms with Crippen molar-refractivity contribution >= 4 is 21.4 Å². The number of nitrogens with zero attached hydrogens (tertiary/aromatic N) is 1. The molecule has 1 aromatic heterocycles. The van der Waals surface area contributed by atoms with Crippen LogP contribution >= 0.6 is 0 Å². The average molecular weight is 330 g/mol. The fourth-order valence-corrected chi connectivity index (χ4v) is 3.03. The van der Waals surface area contributed by atoms with Crippen molar-refractivity contribution in [1.82, 2.24) is 4.98 Å². The molecule has 0 saturated carbocycles. The van der Waals surface area contributed by atoms with Gasteiger partial charge in [0.15, 0.2) is 9.84 Å². The van der Waals surface area contributed by atoms with Crippen LogP contribution in [0.3, 0.4) is 0 Å². The van der Waals surface area contributed by atoms with E-state index in [2.05, 4.69) is 16.9 Å². The zero-order chi connectivity index (χ0) is 16.7. The van der Waals surface area contributed by atoms with Gasteiger partial charge in [-0.05, 0) is 41.8 Å². The van der Waals surface area contributed by atoms with E-state index in [9.17, 15) is 13.2 Å². The minimum Gasteiger partial charge on any atom is -0.325 e. The summed E-state index contributed by atoms with van der Waals surface area (Å²) in [6.45, 7) is 3.37. The highest BCUT2D eigenvalue weighted by Gasteiger charge is 2.14. The molecule has 120 valence electrons. The first-order chi connectivity index (χ1) is 11.0. The van der Waals surface area contributed by atoms with Gasteiger partial charge in [-0.2, -0.15) is 0 Å². The number of amides is 1. The van der Waals surface area contributed by atoms with E-state index in [-0.39, 0.29) is 5.75 Å². The lowest BCUT2D eigenvalue weighted by Gasteiger charge is -2.07. The van der Waals surface area contributed by atoms with E-state index in [1.54, 1.807) is 24.5 Å². The molecule has 0 aliphatic heterocycles. The van der Waals surface area contributed by atoms with Crippen molar-refractivity contribution in [1.29, 1.82) is 0 Å². The molecule has 0 unspecified atom stereocenters. The lowest BCUT2D eigenvalue weighted by Crippen LogP contribution is -2.24. The lowest BCUT2D eigenvalue weighted by atomic mass is 10.1. The maximum Gasteiger partial charge on any atom is 0.239 e. The molecule has 1 N–H and O–H groups in total. The number of carbonyl (C=O) groups excluding carboxylic acids is 1. The molecule has 0 saturated heterocycles. The van der Waals surface area contributed by atoms with Crippen molar-refractivity contribution < 1.29 is 13.2 Å². The number of aromatic nitrogens is 1. The highest BCUT2D eigenvalue weighted by Crippen LogP contribution is 2.13. The summed E-state index contributed by atoms with van der Waals surface area (Å²) < 4.78 is 23.1. The summed E-state index contributed by atoms with van der Waals surface area (Å²) >= 11 is 0. The SMILES string of the molecule is C=CCS(=O)(=O)CC(=O)Nc1ccc(Cc2ccncc2)cc1. The number of carbonyl (C=O) groups is 1. The quantitative estimate of drug-likeness (QED) is 0.790. The Kier molecular flexibility index (Phi) is 5.65. The van der Waals surface area contributed by atoms with Gasteiger partial charge in [-0.1, -0.05) is 18.2 Å². The van der Waals surface area contributed by atoms with Gasteiger partial charge >= 0.3 is 0 Å². The maximum absolute atomic E-state index is 11.7. The van der Waals surface area contributed by atoms with Crippen LogP contribution in [0.25, 0.3) is 0 Å². The molecule has 23 heavy (non-hydrogen) atoms. The van der Waals surface area contributed by atoms with E-state index in [1.807, 2.05) is 24.3 Å². The average Bonchev–Trinajstić information content (AvgIpc) is 2.49. The third-order valence-corrected chi connectivity index (χ3v) is 4.56. The standard InChI is InChI=1S/C17H18N2O3S/c1-2-11-23(21,22)13-17(20)19-16-5-3-14(4-6-16)12-15-7-9-18-10-8-15/h2-10H,1,11-13H2,(H,19,20). The van der Waals surface area contributed by atoms with Gasteiger partial charge in [-0.25, -0.2) is 8.42 Å². The predicted octanol–water partition coefficient (Wildman–Crippen LogP) is 2.21. The van der Waals surface area contributed by atoms with Crippen LogP contribution in [0.5, 0.6) is 0 Å². The van der Waals surface area contributed by atoms with Crippen LogP contribution in [0.4, 0.5) is 5.69 Å². The first-order valence-corrected chi connectivity index (χ1v) is 8.90. The van der Waals surface area contributed by atoms with Crippen LogP contribution < -0.4 is 5.32 Å². The normalized spacial score (nSPS) is 11.0. The Balaban J connectivity index is 1.95. The third kappa shape index (κ3) is 5.67. The summed E-state index contributed by atoms with van der Waals surface area (Å²) in [6.07, 6.45) is 5.53. The molecule has 2 rings (SSSR count). The lowest BCUT2D eigenvalue weighted by molar-refractivity contribution is -0.113. The molecule has 6 heteroatoms. The molecule has 5 nitrogen and oxygen atoms in total. The van der Waals surface area contributed by atoms with Gasteiger partial charge in [0.25, 0.3) is 0 Å². The first-order valence-electron chi connectivity index (χ1n) is 7.07. The van der Waals surface area contributed by atoms with Gasteiger partial charge in [0.1, 0.15) is 5.75 Å². The number of sulfone groups is 1. The number of rotatable bonds is 7. The smallest absolute Gasteiger partial charge is 0.239 e. The van der Waals surface area contributed by atoms with Gasteiger partial charge in [0, 0.05) is 18.1 Å². The number of nitrogens with one attached hydrogen (secondary N) is 1. The number of hydrogen-bond acceptors (Lipinski definition) is 4. The van der Waals surface area contributed by atoms with Crippen molar-refractivity contribution in [3.8, 4) is 0 Å². The summed E-state index contributed by atoms with van der Waals surface area (Å²) in [5.74, 6) is -1.29.